The van der Waals surface area contributed by atoms with Gasteiger partial charge in [-0.05, 0) is 44.2 Å². The summed E-state index contributed by atoms with van der Waals surface area (Å²) in [6.45, 7) is 2.51. The first-order valence-corrected chi connectivity index (χ1v) is 11.6. The minimum Gasteiger partial charge on any atom is -0.359 e. The summed E-state index contributed by atoms with van der Waals surface area (Å²) in [6, 6.07) is 8.67. The van der Waals surface area contributed by atoms with Crippen LogP contribution in [0.2, 0.25) is 0 Å². The maximum atomic E-state index is 13.3. The maximum Gasteiger partial charge on any atom is 0.242 e. The number of nitrogens with zero attached hydrogens (tertiary/aromatic N) is 2. The van der Waals surface area contributed by atoms with Gasteiger partial charge >= 0.3 is 0 Å². The van der Waals surface area contributed by atoms with Crippen LogP contribution >= 0.6 is 0 Å². The second kappa shape index (κ2) is 6.87. The highest BCUT2D eigenvalue weighted by Crippen LogP contribution is 2.33. The van der Waals surface area contributed by atoms with E-state index in [1.807, 2.05) is 17.0 Å². The smallest absolute Gasteiger partial charge is 0.242 e. The van der Waals surface area contributed by atoms with Crippen LogP contribution in [0.4, 0.5) is 5.69 Å². The second-order valence-electron chi connectivity index (χ2n) is 8.11. The van der Waals surface area contributed by atoms with Crippen LogP contribution in [0.3, 0.4) is 0 Å². The summed E-state index contributed by atoms with van der Waals surface area (Å²) < 4.78 is 24.0. The van der Waals surface area contributed by atoms with E-state index in [1.165, 1.54) is 5.56 Å². The van der Waals surface area contributed by atoms with Crippen LogP contribution in [-0.4, -0.2) is 55.4 Å². The summed E-state index contributed by atoms with van der Waals surface area (Å²) >= 11 is 0. The van der Waals surface area contributed by atoms with Gasteiger partial charge in [-0.1, -0.05) is 31.0 Å². The number of carbonyl (C=O) groups is 1. The average Bonchev–Trinajstić information content (AvgIpc) is 3.30. The van der Waals surface area contributed by atoms with Crippen molar-refractivity contribution < 1.29 is 13.2 Å². The van der Waals surface area contributed by atoms with Crippen LogP contribution in [0.5, 0.6) is 0 Å². The lowest BCUT2D eigenvalue weighted by atomic mass is 10.1. The summed E-state index contributed by atoms with van der Waals surface area (Å²) in [5.74, 6) is 0.459. The third-order valence-electron chi connectivity index (χ3n) is 6.26. The molecule has 1 aromatic carbocycles. The molecular formula is C20H28N2O3S. The molecule has 4 rings (SSSR count). The van der Waals surface area contributed by atoms with Gasteiger partial charge in [0.25, 0.3) is 0 Å². The third-order valence-corrected chi connectivity index (χ3v) is 8.01. The van der Waals surface area contributed by atoms with Crippen molar-refractivity contribution in [1.29, 1.82) is 0 Å². The normalized spacial score (nSPS) is 27.7. The molecule has 6 heteroatoms. The third kappa shape index (κ3) is 3.36. The molecule has 1 saturated carbocycles. The Morgan fingerprint density at radius 1 is 1.15 bits per heavy atom. The van der Waals surface area contributed by atoms with Gasteiger partial charge in [-0.2, -0.15) is 0 Å². The van der Waals surface area contributed by atoms with Gasteiger partial charge in [-0.25, -0.2) is 8.42 Å². The lowest BCUT2D eigenvalue weighted by Gasteiger charge is -2.36. The molecule has 1 aromatic rings. The molecule has 0 aromatic heterocycles. The Balaban J connectivity index is 1.55. The zero-order valence-electron chi connectivity index (χ0n) is 15.4. The van der Waals surface area contributed by atoms with Crippen LogP contribution in [0, 0.1) is 0 Å². The number of sulfone groups is 1. The molecular weight excluding hydrogens is 348 g/mol. The number of rotatable bonds is 4. The van der Waals surface area contributed by atoms with Gasteiger partial charge in [0.1, 0.15) is 0 Å². The maximum absolute atomic E-state index is 13.3. The highest BCUT2D eigenvalue weighted by Gasteiger charge is 2.40. The summed E-state index contributed by atoms with van der Waals surface area (Å²) in [5, 5.41) is 0. The number of carbonyl (C=O) groups excluding carboxylic acids is 1. The van der Waals surface area contributed by atoms with Gasteiger partial charge < -0.3 is 9.80 Å². The molecule has 0 radical (unpaired) electrons. The van der Waals surface area contributed by atoms with Crippen molar-refractivity contribution in [2.45, 2.75) is 63.6 Å². The Morgan fingerprint density at radius 2 is 1.88 bits per heavy atom. The molecule has 2 fully saturated rings. The minimum atomic E-state index is -3.00. The standard InChI is InChI=1S/C20H28N2O3S/c1-15-12-16-6-2-5-9-19(16)21(15)13-20(23)22(17-7-3-4-8-17)18-10-11-26(24,25)14-18/h2,5-6,9,15,17-18H,3-4,7-8,10-14H2,1H3/t15-,18+/m0/s1. The Bertz CT molecular complexity index is 786. The first-order chi connectivity index (χ1) is 12.4. The molecule has 26 heavy (non-hydrogen) atoms. The Hall–Kier alpha value is -1.56. The van der Waals surface area contributed by atoms with Crippen molar-refractivity contribution in [2.75, 3.05) is 23.0 Å². The van der Waals surface area contributed by atoms with E-state index in [4.69, 9.17) is 0 Å². The first kappa shape index (κ1) is 17.8. The average molecular weight is 377 g/mol. The molecule has 142 valence electrons. The Morgan fingerprint density at radius 3 is 2.58 bits per heavy atom. The fourth-order valence-electron chi connectivity index (χ4n) is 4.98. The minimum absolute atomic E-state index is 0.0996. The molecule has 0 bridgehead atoms. The van der Waals surface area contributed by atoms with Crippen molar-refractivity contribution in [3.05, 3.63) is 29.8 Å². The number of anilines is 1. The van der Waals surface area contributed by atoms with Crippen LogP contribution in [-0.2, 0) is 21.1 Å². The van der Waals surface area contributed by atoms with E-state index in [0.717, 1.165) is 37.8 Å². The highest BCUT2D eigenvalue weighted by molar-refractivity contribution is 7.91. The summed E-state index contributed by atoms with van der Waals surface area (Å²) in [4.78, 5) is 17.5. The molecule has 1 amide bonds. The van der Waals surface area contributed by atoms with Gasteiger partial charge in [-0.15, -0.1) is 0 Å². The van der Waals surface area contributed by atoms with E-state index in [1.54, 1.807) is 0 Å². The monoisotopic (exact) mass is 376 g/mol. The SMILES string of the molecule is C[C@H]1Cc2ccccc2N1CC(=O)N(C1CCCC1)[C@@H]1CCS(=O)(=O)C1. The van der Waals surface area contributed by atoms with Crippen molar-refractivity contribution in [2.24, 2.45) is 0 Å². The highest BCUT2D eigenvalue weighted by atomic mass is 32.2. The van der Waals surface area contributed by atoms with Crippen LogP contribution in [0.25, 0.3) is 0 Å². The fourth-order valence-corrected chi connectivity index (χ4v) is 6.69. The molecule has 1 saturated heterocycles. The number of fused-ring (bicyclic) bond motifs is 1. The summed E-state index contributed by atoms with van der Waals surface area (Å²) in [7, 11) is -3.00. The molecule has 0 unspecified atom stereocenters. The molecule has 3 aliphatic rings. The molecule has 2 atom stereocenters. The number of amides is 1. The number of hydrogen-bond acceptors (Lipinski definition) is 4. The Labute approximate surface area is 156 Å². The largest absolute Gasteiger partial charge is 0.359 e. The molecule has 1 aliphatic carbocycles. The number of hydrogen-bond donors (Lipinski definition) is 0. The van der Waals surface area contributed by atoms with Crippen LogP contribution in [0.15, 0.2) is 24.3 Å². The molecule has 0 N–H and O–H groups in total. The van der Waals surface area contributed by atoms with Gasteiger partial charge in [0.05, 0.1) is 18.1 Å². The van der Waals surface area contributed by atoms with Crippen LogP contribution < -0.4 is 4.90 Å². The fraction of sp³-hybridized carbons (Fsp3) is 0.650. The van der Waals surface area contributed by atoms with Crippen molar-refractivity contribution in [3.63, 3.8) is 0 Å². The van der Waals surface area contributed by atoms with E-state index in [-0.39, 0.29) is 29.5 Å². The van der Waals surface area contributed by atoms with E-state index in [2.05, 4.69) is 24.0 Å². The zero-order valence-corrected chi connectivity index (χ0v) is 16.2. The van der Waals surface area contributed by atoms with Crippen molar-refractivity contribution in [1.82, 2.24) is 4.90 Å². The van der Waals surface area contributed by atoms with Gasteiger partial charge in [-0.3, -0.25) is 4.79 Å². The van der Waals surface area contributed by atoms with Crippen LogP contribution in [0.1, 0.15) is 44.6 Å². The number of para-hydroxylation sites is 1. The van der Waals surface area contributed by atoms with Gasteiger partial charge in [0, 0.05) is 23.8 Å². The van der Waals surface area contributed by atoms with Crippen molar-refractivity contribution in [3.8, 4) is 0 Å². The molecule has 2 aliphatic heterocycles. The molecule has 5 nitrogen and oxygen atoms in total. The lowest BCUT2D eigenvalue weighted by Crippen LogP contribution is -2.51. The molecule has 0 spiro atoms. The van der Waals surface area contributed by atoms with Crippen molar-refractivity contribution >= 4 is 21.4 Å². The van der Waals surface area contributed by atoms with E-state index < -0.39 is 9.84 Å². The topological polar surface area (TPSA) is 57.7 Å². The van der Waals surface area contributed by atoms with Gasteiger partial charge in [0.2, 0.25) is 5.91 Å². The van der Waals surface area contributed by atoms with Gasteiger partial charge in [0.15, 0.2) is 9.84 Å². The van der Waals surface area contributed by atoms with E-state index in [9.17, 15) is 13.2 Å². The first-order valence-electron chi connectivity index (χ1n) is 9.81. The van der Waals surface area contributed by atoms with E-state index >= 15 is 0 Å². The molecule has 2 heterocycles. The quantitative estimate of drug-likeness (QED) is 0.810. The predicted octanol–water partition coefficient (Wildman–Crippen LogP) is 2.40. The summed E-state index contributed by atoms with van der Waals surface area (Å²) in [6.07, 6.45) is 5.85. The Kier molecular flexibility index (Phi) is 4.71. The predicted molar refractivity (Wildman–Crippen MR) is 103 cm³/mol. The second-order valence-corrected chi connectivity index (χ2v) is 10.3. The van der Waals surface area contributed by atoms with E-state index in [0.29, 0.717) is 19.0 Å². The lowest BCUT2D eigenvalue weighted by molar-refractivity contribution is -0.134. The number of benzene rings is 1. The zero-order chi connectivity index (χ0) is 18.3. The summed E-state index contributed by atoms with van der Waals surface area (Å²) in [5.41, 5.74) is 2.45.